The van der Waals surface area contributed by atoms with Crippen LogP contribution in [0.2, 0.25) is 0 Å². The SMILES string of the molecule is CCc1nn(-c2cccnc2C)c(Nc2ccc(OC(F)(F)F)cc2C(=O)O)c1-c1ccncc1. The van der Waals surface area contributed by atoms with E-state index in [2.05, 4.69) is 20.0 Å². The topological polar surface area (TPSA) is 102 Å². The minimum absolute atomic E-state index is 0.0627. The lowest BCUT2D eigenvalue weighted by molar-refractivity contribution is -0.274. The summed E-state index contributed by atoms with van der Waals surface area (Å²) in [5.41, 5.74) is 3.18. The van der Waals surface area contributed by atoms with Crippen LogP contribution in [-0.2, 0) is 6.42 Å². The number of pyridine rings is 2. The normalized spacial score (nSPS) is 11.3. The number of ether oxygens (including phenoxy) is 1. The number of benzene rings is 1. The Hall–Kier alpha value is -4.41. The summed E-state index contributed by atoms with van der Waals surface area (Å²) in [5, 5.41) is 17.6. The number of anilines is 2. The second-order valence-electron chi connectivity index (χ2n) is 7.46. The van der Waals surface area contributed by atoms with E-state index < -0.39 is 23.6 Å². The molecular formula is C24H20F3N5O3. The van der Waals surface area contributed by atoms with Crippen LogP contribution in [0, 0.1) is 6.92 Å². The van der Waals surface area contributed by atoms with Crippen LogP contribution in [0.1, 0.15) is 28.7 Å². The molecule has 3 heterocycles. The van der Waals surface area contributed by atoms with Gasteiger partial charge in [0.2, 0.25) is 0 Å². The summed E-state index contributed by atoms with van der Waals surface area (Å²) < 4.78 is 43.5. The highest BCUT2D eigenvalue weighted by Crippen LogP contribution is 2.37. The Balaban J connectivity index is 1.92. The number of carboxylic acids is 1. The van der Waals surface area contributed by atoms with Gasteiger partial charge in [0.15, 0.2) is 0 Å². The van der Waals surface area contributed by atoms with Gasteiger partial charge >= 0.3 is 12.3 Å². The van der Waals surface area contributed by atoms with E-state index in [1.807, 2.05) is 19.9 Å². The zero-order chi connectivity index (χ0) is 25.2. The van der Waals surface area contributed by atoms with Crippen molar-refractivity contribution in [1.82, 2.24) is 19.7 Å². The van der Waals surface area contributed by atoms with E-state index >= 15 is 0 Å². The molecule has 0 spiro atoms. The number of carbonyl (C=O) groups is 1. The van der Waals surface area contributed by atoms with Gasteiger partial charge in [-0.1, -0.05) is 6.92 Å². The molecule has 0 saturated carbocycles. The number of aromatic carboxylic acids is 1. The summed E-state index contributed by atoms with van der Waals surface area (Å²) in [5.74, 6) is -1.64. The predicted octanol–water partition coefficient (Wildman–Crippen LogP) is 5.54. The standard InChI is InChI=1S/C24H20F3N5O3/c1-3-18-21(15-8-11-28-12-9-15)22(32(31-18)20-5-4-10-29-14(20)2)30-19-7-6-16(35-24(25,26)27)13-17(19)23(33)34/h4-13,30H,3H2,1-2H3,(H,33,34). The number of alkyl halides is 3. The average molecular weight is 483 g/mol. The molecule has 180 valence electrons. The summed E-state index contributed by atoms with van der Waals surface area (Å²) in [4.78, 5) is 20.3. The Kier molecular flexibility index (Phi) is 6.41. The first-order valence-corrected chi connectivity index (χ1v) is 10.5. The van der Waals surface area contributed by atoms with E-state index in [-0.39, 0.29) is 5.69 Å². The van der Waals surface area contributed by atoms with Gasteiger partial charge in [-0.05, 0) is 61.4 Å². The molecule has 0 saturated heterocycles. The Morgan fingerprint density at radius 3 is 2.51 bits per heavy atom. The van der Waals surface area contributed by atoms with Crippen molar-refractivity contribution in [2.45, 2.75) is 26.6 Å². The van der Waals surface area contributed by atoms with Crippen molar-refractivity contribution in [3.8, 4) is 22.6 Å². The highest BCUT2D eigenvalue weighted by atomic mass is 19.4. The molecule has 0 aliphatic heterocycles. The van der Waals surface area contributed by atoms with E-state index in [1.165, 1.54) is 6.07 Å². The smallest absolute Gasteiger partial charge is 0.478 e. The van der Waals surface area contributed by atoms with Crippen LogP contribution in [0.15, 0.2) is 61.1 Å². The number of nitrogens with one attached hydrogen (secondary N) is 1. The number of nitrogens with zero attached hydrogens (tertiary/aromatic N) is 4. The van der Waals surface area contributed by atoms with Gasteiger partial charge in [0.05, 0.1) is 28.3 Å². The predicted molar refractivity (Wildman–Crippen MR) is 122 cm³/mol. The second kappa shape index (κ2) is 9.45. The van der Waals surface area contributed by atoms with Crippen LogP contribution in [-0.4, -0.2) is 37.2 Å². The molecule has 4 rings (SSSR count). The summed E-state index contributed by atoms with van der Waals surface area (Å²) in [6, 6.07) is 10.2. The zero-order valence-electron chi connectivity index (χ0n) is 18.7. The first-order valence-electron chi connectivity index (χ1n) is 10.5. The van der Waals surface area contributed by atoms with Gasteiger partial charge in [-0.25, -0.2) is 9.48 Å². The van der Waals surface area contributed by atoms with Crippen molar-refractivity contribution in [3.63, 3.8) is 0 Å². The van der Waals surface area contributed by atoms with Gasteiger partial charge in [0.1, 0.15) is 11.6 Å². The van der Waals surface area contributed by atoms with Crippen molar-refractivity contribution < 1.29 is 27.8 Å². The Labute approximate surface area is 198 Å². The van der Waals surface area contributed by atoms with Gasteiger partial charge in [0, 0.05) is 24.2 Å². The third-order valence-corrected chi connectivity index (χ3v) is 5.18. The highest BCUT2D eigenvalue weighted by Gasteiger charge is 2.32. The summed E-state index contributed by atoms with van der Waals surface area (Å²) >= 11 is 0. The lowest BCUT2D eigenvalue weighted by Gasteiger charge is -2.16. The third kappa shape index (κ3) is 5.08. The maximum atomic E-state index is 12.7. The molecule has 4 aromatic rings. The number of hydrogen-bond acceptors (Lipinski definition) is 6. The van der Waals surface area contributed by atoms with E-state index in [0.29, 0.717) is 29.2 Å². The van der Waals surface area contributed by atoms with Crippen LogP contribution in [0.5, 0.6) is 5.75 Å². The molecule has 35 heavy (non-hydrogen) atoms. The van der Waals surface area contributed by atoms with Crippen molar-refractivity contribution in [3.05, 3.63) is 78.0 Å². The quantitative estimate of drug-likeness (QED) is 0.356. The molecule has 0 radical (unpaired) electrons. The van der Waals surface area contributed by atoms with Crippen molar-refractivity contribution in [2.75, 3.05) is 5.32 Å². The number of aryl methyl sites for hydroxylation is 2. The third-order valence-electron chi connectivity index (χ3n) is 5.18. The Bertz CT molecular complexity index is 1370. The van der Waals surface area contributed by atoms with Crippen LogP contribution < -0.4 is 10.1 Å². The number of hydrogen-bond donors (Lipinski definition) is 2. The summed E-state index contributed by atoms with van der Waals surface area (Å²) in [6.45, 7) is 3.74. The summed E-state index contributed by atoms with van der Waals surface area (Å²) in [7, 11) is 0. The van der Waals surface area contributed by atoms with Crippen LogP contribution >= 0.6 is 0 Å². The molecule has 3 aromatic heterocycles. The molecule has 0 aliphatic carbocycles. The highest BCUT2D eigenvalue weighted by molar-refractivity contribution is 5.96. The molecule has 1 aromatic carbocycles. The fourth-order valence-electron chi connectivity index (χ4n) is 3.66. The molecule has 0 amide bonds. The van der Waals surface area contributed by atoms with Crippen molar-refractivity contribution in [1.29, 1.82) is 0 Å². The van der Waals surface area contributed by atoms with Gasteiger partial charge in [-0.15, -0.1) is 13.2 Å². The van der Waals surface area contributed by atoms with Crippen molar-refractivity contribution >= 4 is 17.5 Å². The van der Waals surface area contributed by atoms with Crippen LogP contribution in [0.25, 0.3) is 16.8 Å². The minimum atomic E-state index is -4.95. The molecular weight excluding hydrogens is 463 g/mol. The van der Waals surface area contributed by atoms with E-state index in [0.717, 1.165) is 23.4 Å². The lowest BCUT2D eigenvalue weighted by Crippen LogP contribution is -2.17. The molecule has 2 N–H and O–H groups in total. The molecule has 0 atom stereocenters. The van der Waals surface area contributed by atoms with E-state index in [9.17, 15) is 23.1 Å². The average Bonchev–Trinajstić information content (AvgIpc) is 3.17. The fraction of sp³-hybridized carbons (Fsp3) is 0.167. The molecule has 11 heteroatoms. The molecule has 8 nitrogen and oxygen atoms in total. The van der Waals surface area contributed by atoms with Gasteiger partial charge < -0.3 is 15.2 Å². The maximum absolute atomic E-state index is 12.7. The maximum Gasteiger partial charge on any atom is 0.573 e. The number of carboxylic acid groups (broad SMARTS) is 1. The zero-order valence-corrected chi connectivity index (χ0v) is 18.7. The van der Waals surface area contributed by atoms with Gasteiger partial charge in [0.25, 0.3) is 0 Å². The van der Waals surface area contributed by atoms with Gasteiger partial charge in [-0.2, -0.15) is 5.10 Å². The van der Waals surface area contributed by atoms with Crippen LogP contribution in [0.4, 0.5) is 24.7 Å². The summed E-state index contributed by atoms with van der Waals surface area (Å²) in [6.07, 6.45) is 0.491. The van der Waals surface area contributed by atoms with E-state index in [1.54, 1.807) is 41.5 Å². The Morgan fingerprint density at radius 1 is 1.14 bits per heavy atom. The molecule has 0 fully saturated rings. The van der Waals surface area contributed by atoms with Crippen LogP contribution in [0.3, 0.4) is 0 Å². The molecule has 0 unspecified atom stereocenters. The van der Waals surface area contributed by atoms with E-state index in [4.69, 9.17) is 5.10 Å². The second-order valence-corrected chi connectivity index (χ2v) is 7.46. The lowest BCUT2D eigenvalue weighted by atomic mass is 10.0. The minimum Gasteiger partial charge on any atom is -0.478 e. The fourth-order valence-corrected chi connectivity index (χ4v) is 3.66. The first kappa shape index (κ1) is 23.7. The Morgan fingerprint density at radius 2 is 1.89 bits per heavy atom. The van der Waals surface area contributed by atoms with Gasteiger partial charge in [-0.3, -0.25) is 9.97 Å². The molecule has 0 bridgehead atoms. The first-order chi connectivity index (χ1) is 16.7. The van der Waals surface area contributed by atoms with Crippen molar-refractivity contribution in [2.24, 2.45) is 0 Å². The number of rotatable bonds is 7. The largest absolute Gasteiger partial charge is 0.573 e. The monoisotopic (exact) mass is 483 g/mol. The number of halogens is 3. The number of aromatic nitrogens is 4. The molecule has 0 aliphatic rings.